The zero-order valence-electron chi connectivity index (χ0n) is 13.2. The van der Waals surface area contributed by atoms with E-state index in [2.05, 4.69) is 13.8 Å². The maximum absolute atomic E-state index is 6.33. The van der Waals surface area contributed by atoms with Gasteiger partial charge in [0, 0.05) is 17.9 Å². The average Bonchev–Trinajstić information content (AvgIpc) is 3.03. The predicted octanol–water partition coefficient (Wildman–Crippen LogP) is 3.28. The molecule has 6 atom stereocenters. The summed E-state index contributed by atoms with van der Waals surface area (Å²) in [6.07, 6.45) is 1.78. The van der Waals surface area contributed by atoms with Gasteiger partial charge in [0.15, 0.2) is 12.1 Å². The molecule has 120 valence electrons. The highest BCUT2D eigenvalue weighted by molar-refractivity contribution is 5.16. The maximum atomic E-state index is 6.33. The summed E-state index contributed by atoms with van der Waals surface area (Å²) in [4.78, 5) is 0. The van der Waals surface area contributed by atoms with Crippen molar-refractivity contribution < 1.29 is 18.9 Å². The third-order valence-electron chi connectivity index (χ3n) is 5.50. The lowest BCUT2D eigenvalue weighted by Gasteiger charge is -2.52. The van der Waals surface area contributed by atoms with Gasteiger partial charge in [0.05, 0.1) is 19.3 Å². The average molecular weight is 304 g/mol. The van der Waals surface area contributed by atoms with Crippen molar-refractivity contribution in [1.82, 2.24) is 0 Å². The number of hydrogen-bond donors (Lipinski definition) is 0. The molecule has 1 aromatic rings. The molecule has 3 aliphatic rings. The number of hydrogen-bond acceptors (Lipinski definition) is 4. The fourth-order valence-corrected chi connectivity index (χ4v) is 4.03. The van der Waals surface area contributed by atoms with Gasteiger partial charge in [0.25, 0.3) is 0 Å². The molecule has 0 radical (unpaired) electrons. The van der Waals surface area contributed by atoms with Gasteiger partial charge in [0.2, 0.25) is 0 Å². The second kappa shape index (κ2) is 5.60. The van der Waals surface area contributed by atoms with Gasteiger partial charge in [-0.05, 0) is 12.3 Å². The van der Waals surface area contributed by atoms with E-state index in [1.54, 1.807) is 0 Å². The Balaban J connectivity index is 1.53. The fourth-order valence-electron chi connectivity index (χ4n) is 4.03. The Hall–Kier alpha value is -0.940. The van der Waals surface area contributed by atoms with E-state index in [9.17, 15) is 0 Å². The molecule has 4 nitrogen and oxygen atoms in total. The molecule has 3 fully saturated rings. The minimum absolute atomic E-state index is 0.0377. The van der Waals surface area contributed by atoms with E-state index in [-0.39, 0.29) is 18.5 Å². The number of benzene rings is 1. The van der Waals surface area contributed by atoms with Crippen molar-refractivity contribution in [2.45, 2.75) is 51.0 Å². The Morgan fingerprint density at radius 2 is 1.95 bits per heavy atom. The Bertz CT molecular complexity index is 509. The van der Waals surface area contributed by atoms with E-state index < -0.39 is 5.79 Å². The molecule has 3 aliphatic heterocycles. The second-order valence-electron chi connectivity index (χ2n) is 6.74. The standard InChI is InChI=1S/C18H24O4/c1-12-13(2)18(9-6-10-20-18)22-15-11-19-17(21-16(12)15)14-7-4-3-5-8-14/h3-5,7-8,12-13,15-17H,6,9-11H2,1-2H3/t12-,13-,15-,16-,17-,18+/m0/s1. The largest absolute Gasteiger partial charge is 0.350 e. The second-order valence-corrected chi connectivity index (χ2v) is 6.74. The van der Waals surface area contributed by atoms with Crippen LogP contribution in [0.25, 0.3) is 0 Å². The molecule has 0 aromatic heterocycles. The Labute approximate surface area is 131 Å². The summed E-state index contributed by atoms with van der Waals surface area (Å²) in [5.41, 5.74) is 1.07. The van der Waals surface area contributed by atoms with Crippen molar-refractivity contribution in [1.29, 1.82) is 0 Å². The SMILES string of the molecule is C[C@@H]1[C@@H]2O[C@@H](c3ccccc3)OC[C@@H]2O[C@]2(CCCO2)[C@H]1C. The van der Waals surface area contributed by atoms with Gasteiger partial charge in [-0.2, -0.15) is 0 Å². The van der Waals surface area contributed by atoms with Crippen molar-refractivity contribution in [3.8, 4) is 0 Å². The highest BCUT2D eigenvalue weighted by atomic mass is 16.8. The number of fused-ring (bicyclic) bond motifs is 1. The first kappa shape index (κ1) is 14.6. The molecule has 4 rings (SSSR count). The quantitative estimate of drug-likeness (QED) is 0.798. The highest BCUT2D eigenvalue weighted by Crippen LogP contribution is 2.48. The Kier molecular flexibility index (Phi) is 3.73. The van der Waals surface area contributed by atoms with E-state index in [1.807, 2.05) is 30.3 Å². The van der Waals surface area contributed by atoms with Gasteiger partial charge in [-0.3, -0.25) is 0 Å². The zero-order valence-corrected chi connectivity index (χ0v) is 13.2. The maximum Gasteiger partial charge on any atom is 0.184 e. The summed E-state index contributed by atoms with van der Waals surface area (Å²) >= 11 is 0. The smallest absolute Gasteiger partial charge is 0.184 e. The third kappa shape index (κ3) is 2.29. The number of rotatable bonds is 1. The van der Waals surface area contributed by atoms with Crippen LogP contribution in [0.2, 0.25) is 0 Å². The minimum atomic E-state index is -0.424. The predicted molar refractivity (Wildman–Crippen MR) is 81.1 cm³/mol. The van der Waals surface area contributed by atoms with Crippen molar-refractivity contribution in [3.05, 3.63) is 35.9 Å². The molecule has 0 amide bonds. The van der Waals surface area contributed by atoms with E-state index in [4.69, 9.17) is 18.9 Å². The molecule has 3 saturated heterocycles. The summed E-state index contributed by atoms with van der Waals surface area (Å²) in [6, 6.07) is 10.1. The van der Waals surface area contributed by atoms with E-state index in [1.165, 1.54) is 0 Å². The molecule has 4 heteroatoms. The first-order chi connectivity index (χ1) is 10.7. The molecule has 0 unspecified atom stereocenters. The molecule has 0 bridgehead atoms. The summed E-state index contributed by atoms with van der Waals surface area (Å²) in [5.74, 6) is 0.283. The summed E-state index contributed by atoms with van der Waals surface area (Å²) in [7, 11) is 0. The van der Waals surface area contributed by atoms with Gasteiger partial charge < -0.3 is 18.9 Å². The van der Waals surface area contributed by atoms with Gasteiger partial charge in [-0.15, -0.1) is 0 Å². The molecular formula is C18H24O4. The van der Waals surface area contributed by atoms with Crippen LogP contribution in [0.15, 0.2) is 30.3 Å². The fraction of sp³-hybridized carbons (Fsp3) is 0.667. The Morgan fingerprint density at radius 3 is 2.68 bits per heavy atom. The molecule has 1 aromatic carbocycles. The molecule has 0 N–H and O–H groups in total. The van der Waals surface area contributed by atoms with Crippen LogP contribution < -0.4 is 0 Å². The van der Waals surface area contributed by atoms with Gasteiger partial charge in [-0.1, -0.05) is 44.2 Å². The van der Waals surface area contributed by atoms with Crippen LogP contribution in [0.1, 0.15) is 38.5 Å². The van der Waals surface area contributed by atoms with Gasteiger partial charge in [0.1, 0.15) is 6.10 Å². The monoisotopic (exact) mass is 304 g/mol. The zero-order chi connectivity index (χ0) is 15.2. The normalized spacial score (nSPS) is 44.9. The minimum Gasteiger partial charge on any atom is -0.350 e. The lowest BCUT2D eigenvalue weighted by atomic mass is 9.78. The van der Waals surface area contributed by atoms with Crippen molar-refractivity contribution in [2.75, 3.05) is 13.2 Å². The van der Waals surface area contributed by atoms with Crippen LogP contribution in [0.4, 0.5) is 0 Å². The molecule has 3 heterocycles. The van der Waals surface area contributed by atoms with Gasteiger partial charge >= 0.3 is 0 Å². The highest BCUT2D eigenvalue weighted by Gasteiger charge is 2.55. The molecular weight excluding hydrogens is 280 g/mol. The van der Waals surface area contributed by atoms with Crippen LogP contribution in [-0.4, -0.2) is 31.2 Å². The van der Waals surface area contributed by atoms with Crippen molar-refractivity contribution >= 4 is 0 Å². The summed E-state index contributed by atoms with van der Waals surface area (Å²) < 4.78 is 24.5. The Morgan fingerprint density at radius 1 is 1.14 bits per heavy atom. The summed E-state index contributed by atoms with van der Waals surface area (Å²) in [5, 5.41) is 0. The lowest BCUT2D eigenvalue weighted by Crippen LogP contribution is -2.60. The topological polar surface area (TPSA) is 36.9 Å². The molecule has 1 spiro atoms. The first-order valence-corrected chi connectivity index (χ1v) is 8.33. The van der Waals surface area contributed by atoms with Crippen LogP contribution in [0, 0.1) is 11.8 Å². The number of ether oxygens (including phenoxy) is 4. The van der Waals surface area contributed by atoms with Crippen LogP contribution in [-0.2, 0) is 18.9 Å². The molecule has 22 heavy (non-hydrogen) atoms. The third-order valence-corrected chi connectivity index (χ3v) is 5.50. The molecule has 0 saturated carbocycles. The van der Waals surface area contributed by atoms with E-state index in [0.717, 1.165) is 25.0 Å². The van der Waals surface area contributed by atoms with Crippen LogP contribution in [0.3, 0.4) is 0 Å². The van der Waals surface area contributed by atoms with Crippen LogP contribution >= 0.6 is 0 Å². The van der Waals surface area contributed by atoms with E-state index in [0.29, 0.717) is 18.4 Å². The lowest BCUT2D eigenvalue weighted by molar-refractivity contribution is -0.374. The van der Waals surface area contributed by atoms with Crippen molar-refractivity contribution in [3.63, 3.8) is 0 Å². The first-order valence-electron chi connectivity index (χ1n) is 8.33. The summed E-state index contributed by atoms with van der Waals surface area (Å²) in [6.45, 7) is 5.83. The van der Waals surface area contributed by atoms with Gasteiger partial charge in [-0.25, -0.2) is 0 Å². The van der Waals surface area contributed by atoms with Crippen LogP contribution in [0.5, 0.6) is 0 Å². The van der Waals surface area contributed by atoms with E-state index >= 15 is 0 Å². The molecule has 0 aliphatic carbocycles. The van der Waals surface area contributed by atoms with Crippen molar-refractivity contribution in [2.24, 2.45) is 11.8 Å².